The van der Waals surface area contributed by atoms with Gasteiger partial charge in [0.2, 0.25) is 0 Å². The van der Waals surface area contributed by atoms with Gasteiger partial charge in [0.25, 0.3) is 5.91 Å². The minimum atomic E-state index is -0.375. The molecule has 0 unspecified atom stereocenters. The number of carbonyl (C=O) groups excluding carboxylic acids is 1. The average molecular weight is 503 g/mol. The molecule has 1 aliphatic rings. The van der Waals surface area contributed by atoms with Gasteiger partial charge in [-0.3, -0.25) is 14.8 Å². The summed E-state index contributed by atoms with van der Waals surface area (Å²) in [4.78, 5) is 34.7. The van der Waals surface area contributed by atoms with Crippen LogP contribution >= 0.6 is 11.6 Å². The normalized spacial score (nSPS) is 13.7. The van der Waals surface area contributed by atoms with Crippen molar-refractivity contribution in [2.45, 2.75) is 13.8 Å². The van der Waals surface area contributed by atoms with Crippen LogP contribution in [-0.2, 0) is 0 Å². The maximum atomic E-state index is 14.9. The first-order chi connectivity index (χ1) is 17.4. The molecule has 0 spiro atoms. The number of anilines is 1. The van der Waals surface area contributed by atoms with Crippen molar-refractivity contribution in [2.75, 3.05) is 31.1 Å². The first-order valence-electron chi connectivity index (χ1n) is 11.6. The molecule has 9 heteroatoms. The molecule has 5 rings (SSSR count). The third kappa shape index (κ3) is 4.64. The number of carbonyl (C=O) groups is 1. The van der Waals surface area contributed by atoms with E-state index >= 15 is 0 Å². The molecule has 0 bridgehead atoms. The van der Waals surface area contributed by atoms with Crippen molar-refractivity contribution in [2.24, 2.45) is 0 Å². The lowest BCUT2D eigenvalue weighted by molar-refractivity contribution is 0.0740. The Labute approximate surface area is 213 Å². The molecule has 1 amide bonds. The molecule has 182 valence electrons. The number of hydrogen-bond donors (Lipinski definition) is 0. The van der Waals surface area contributed by atoms with E-state index in [0.717, 1.165) is 11.1 Å². The van der Waals surface area contributed by atoms with Gasteiger partial charge in [-0.2, -0.15) is 0 Å². The predicted molar refractivity (Wildman–Crippen MR) is 137 cm³/mol. The van der Waals surface area contributed by atoms with Gasteiger partial charge in [0, 0.05) is 55.9 Å². The van der Waals surface area contributed by atoms with Crippen LogP contribution in [0.2, 0.25) is 5.02 Å². The Kier molecular flexibility index (Phi) is 6.61. The van der Waals surface area contributed by atoms with Crippen LogP contribution in [-0.4, -0.2) is 56.9 Å². The summed E-state index contributed by atoms with van der Waals surface area (Å²) in [7, 11) is 0. The number of benzene rings is 1. The monoisotopic (exact) mass is 502 g/mol. The Morgan fingerprint density at radius 3 is 2.47 bits per heavy atom. The number of hydrogen-bond acceptors (Lipinski definition) is 6. The molecular weight excluding hydrogens is 479 g/mol. The maximum absolute atomic E-state index is 14.9. The molecule has 4 heterocycles. The van der Waals surface area contributed by atoms with Crippen molar-refractivity contribution in [3.8, 4) is 22.5 Å². The van der Waals surface area contributed by atoms with Crippen molar-refractivity contribution >= 4 is 23.3 Å². The van der Waals surface area contributed by atoms with E-state index in [1.54, 1.807) is 35.6 Å². The zero-order valence-electron chi connectivity index (χ0n) is 19.9. The van der Waals surface area contributed by atoms with E-state index < -0.39 is 0 Å². The van der Waals surface area contributed by atoms with Crippen molar-refractivity contribution in [3.05, 3.63) is 88.8 Å². The summed E-state index contributed by atoms with van der Waals surface area (Å²) >= 11 is 6.46. The van der Waals surface area contributed by atoms with Crippen molar-refractivity contribution in [1.82, 2.24) is 24.8 Å². The third-order valence-electron chi connectivity index (χ3n) is 6.27. The van der Waals surface area contributed by atoms with Gasteiger partial charge in [-0.1, -0.05) is 23.7 Å². The van der Waals surface area contributed by atoms with Gasteiger partial charge in [-0.25, -0.2) is 14.4 Å². The smallest absolute Gasteiger partial charge is 0.272 e. The second-order valence-electron chi connectivity index (χ2n) is 8.71. The highest BCUT2D eigenvalue weighted by Crippen LogP contribution is 2.35. The van der Waals surface area contributed by atoms with Crippen LogP contribution in [0.4, 0.5) is 10.2 Å². The lowest BCUT2D eigenvalue weighted by Gasteiger charge is -2.35. The fraction of sp³-hybridized carbons (Fsp3) is 0.222. The van der Waals surface area contributed by atoms with Gasteiger partial charge in [0.1, 0.15) is 23.0 Å². The van der Waals surface area contributed by atoms with Crippen LogP contribution in [0.25, 0.3) is 22.5 Å². The number of halogens is 2. The van der Waals surface area contributed by atoms with Crippen LogP contribution in [0.15, 0.2) is 61.2 Å². The zero-order chi connectivity index (χ0) is 25.2. The second kappa shape index (κ2) is 9.99. The first-order valence-corrected chi connectivity index (χ1v) is 12.0. The van der Waals surface area contributed by atoms with Crippen LogP contribution in [0, 0.1) is 19.7 Å². The van der Waals surface area contributed by atoms with Crippen molar-refractivity contribution in [3.63, 3.8) is 0 Å². The van der Waals surface area contributed by atoms with E-state index in [4.69, 9.17) is 16.6 Å². The van der Waals surface area contributed by atoms with E-state index in [9.17, 15) is 9.18 Å². The highest BCUT2D eigenvalue weighted by Gasteiger charge is 2.26. The van der Waals surface area contributed by atoms with E-state index in [0.29, 0.717) is 65.2 Å². The fourth-order valence-electron chi connectivity index (χ4n) is 4.29. The molecule has 0 saturated carbocycles. The molecule has 1 aromatic carbocycles. The van der Waals surface area contributed by atoms with Gasteiger partial charge < -0.3 is 9.80 Å². The Morgan fingerprint density at radius 2 is 1.75 bits per heavy atom. The fourth-order valence-corrected chi connectivity index (χ4v) is 4.50. The van der Waals surface area contributed by atoms with Gasteiger partial charge >= 0.3 is 0 Å². The Morgan fingerprint density at radius 1 is 0.944 bits per heavy atom. The van der Waals surface area contributed by atoms with Crippen molar-refractivity contribution in [1.29, 1.82) is 0 Å². The Hall–Kier alpha value is -3.91. The number of pyridine rings is 2. The molecule has 3 aromatic heterocycles. The predicted octanol–water partition coefficient (Wildman–Crippen LogP) is 4.97. The highest BCUT2D eigenvalue weighted by atomic mass is 35.5. The summed E-state index contributed by atoms with van der Waals surface area (Å²) in [5.74, 6) is 0.184. The molecular formula is C27H24ClFN6O. The first kappa shape index (κ1) is 23.8. The average Bonchev–Trinajstić information content (AvgIpc) is 2.89. The topological polar surface area (TPSA) is 75.1 Å². The van der Waals surface area contributed by atoms with E-state index in [1.807, 2.05) is 32.0 Å². The summed E-state index contributed by atoms with van der Waals surface area (Å²) in [6.45, 7) is 5.92. The molecule has 36 heavy (non-hydrogen) atoms. The van der Waals surface area contributed by atoms with Gasteiger partial charge in [0.15, 0.2) is 0 Å². The number of aryl methyl sites for hydroxylation is 2. The van der Waals surface area contributed by atoms with Crippen LogP contribution in [0.3, 0.4) is 0 Å². The lowest BCUT2D eigenvalue weighted by atomic mass is 10.0. The maximum Gasteiger partial charge on any atom is 0.272 e. The Balaban J connectivity index is 1.45. The van der Waals surface area contributed by atoms with Gasteiger partial charge in [-0.15, -0.1) is 0 Å². The quantitative estimate of drug-likeness (QED) is 0.392. The molecule has 1 aliphatic heterocycles. The molecule has 0 N–H and O–H groups in total. The second-order valence-corrected chi connectivity index (χ2v) is 9.12. The van der Waals surface area contributed by atoms with Crippen LogP contribution < -0.4 is 4.90 Å². The summed E-state index contributed by atoms with van der Waals surface area (Å²) in [6.07, 6.45) is 6.43. The number of aromatic nitrogens is 4. The van der Waals surface area contributed by atoms with Crippen LogP contribution in [0.1, 0.15) is 21.6 Å². The van der Waals surface area contributed by atoms with Crippen molar-refractivity contribution < 1.29 is 9.18 Å². The summed E-state index contributed by atoms with van der Waals surface area (Å²) in [5, 5.41) is 0.402. The molecule has 7 nitrogen and oxygen atoms in total. The number of rotatable bonds is 4. The molecule has 1 fully saturated rings. The molecule has 4 aromatic rings. The molecule has 0 atom stereocenters. The molecule has 0 aliphatic carbocycles. The van der Waals surface area contributed by atoms with Gasteiger partial charge in [0.05, 0.1) is 16.9 Å². The van der Waals surface area contributed by atoms with E-state index in [-0.39, 0.29) is 11.7 Å². The van der Waals surface area contributed by atoms with E-state index in [2.05, 4.69) is 19.9 Å². The molecule has 1 saturated heterocycles. The minimum absolute atomic E-state index is 0.0757. The van der Waals surface area contributed by atoms with Gasteiger partial charge in [-0.05, 0) is 49.2 Å². The largest absolute Gasteiger partial charge is 0.352 e. The number of piperazine rings is 1. The number of nitrogens with zero attached hydrogens (tertiary/aromatic N) is 6. The standard InChI is InChI=1S/C27H24ClFN6O/c1-17-5-6-20(22(29)14-17)25-26(19-7-9-30-15-21(19)28)33-23(16-32-25)34-10-12-35(13-11-34)27(36)24-18(2)4-3-8-31-24/h3-9,14-16H,10-13H2,1-2H3. The van der Waals surface area contributed by atoms with E-state index in [1.165, 1.54) is 12.3 Å². The molecule has 0 radical (unpaired) electrons. The third-order valence-corrected chi connectivity index (χ3v) is 6.57. The lowest BCUT2D eigenvalue weighted by Crippen LogP contribution is -2.49. The number of amides is 1. The highest BCUT2D eigenvalue weighted by molar-refractivity contribution is 6.33. The van der Waals surface area contributed by atoms with Crippen LogP contribution in [0.5, 0.6) is 0 Å². The SMILES string of the molecule is Cc1ccc(-c2ncc(N3CCN(C(=O)c4ncccc4C)CC3)nc2-c2ccncc2Cl)c(F)c1. The minimum Gasteiger partial charge on any atom is -0.352 e. The summed E-state index contributed by atoms with van der Waals surface area (Å²) in [6, 6.07) is 10.5. The zero-order valence-corrected chi connectivity index (χ0v) is 20.7. The Bertz CT molecular complexity index is 1440. The summed E-state index contributed by atoms with van der Waals surface area (Å²) in [5.41, 5.74) is 4.00. The summed E-state index contributed by atoms with van der Waals surface area (Å²) < 4.78 is 14.9.